The van der Waals surface area contributed by atoms with Gasteiger partial charge in [-0.2, -0.15) is 0 Å². The number of nitrogens with one attached hydrogen (secondary N) is 1. The minimum absolute atomic E-state index is 0.200. The zero-order chi connectivity index (χ0) is 13.0. The molecule has 1 atom stereocenters. The summed E-state index contributed by atoms with van der Waals surface area (Å²) < 4.78 is 10.7. The molecular weight excluding hydrogens is 254 g/mol. The normalized spacial score (nSPS) is 23.2. The second-order valence-corrected chi connectivity index (χ2v) is 5.15. The summed E-state index contributed by atoms with van der Waals surface area (Å²) >= 11 is 1.39. The Kier molecular flexibility index (Phi) is 4.28. The zero-order valence-electron chi connectivity index (χ0n) is 10.3. The predicted octanol–water partition coefficient (Wildman–Crippen LogP) is 0.137. The fourth-order valence-electron chi connectivity index (χ4n) is 1.80. The Hall–Kier alpha value is -1.02. The van der Waals surface area contributed by atoms with Gasteiger partial charge in [0.15, 0.2) is 0 Å². The lowest BCUT2D eigenvalue weighted by Gasteiger charge is -2.25. The van der Waals surface area contributed by atoms with Gasteiger partial charge in [0, 0.05) is 38.6 Å². The third-order valence-corrected chi connectivity index (χ3v) is 3.90. The molecule has 6 nitrogen and oxygen atoms in total. The van der Waals surface area contributed by atoms with Crippen LogP contribution in [-0.2, 0) is 16.0 Å². The molecule has 1 unspecified atom stereocenters. The van der Waals surface area contributed by atoms with E-state index in [2.05, 4.69) is 10.3 Å². The summed E-state index contributed by atoms with van der Waals surface area (Å²) in [4.78, 5) is 16.0. The van der Waals surface area contributed by atoms with E-state index in [1.165, 1.54) is 11.3 Å². The van der Waals surface area contributed by atoms with Crippen molar-refractivity contribution in [1.29, 1.82) is 0 Å². The van der Waals surface area contributed by atoms with Crippen molar-refractivity contribution in [2.24, 2.45) is 5.73 Å². The summed E-state index contributed by atoms with van der Waals surface area (Å²) in [5.41, 5.74) is 5.47. The first-order valence-electron chi connectivity index (χ1n) is 5.75. The van der Waals surface area contributed by atoms with Crippen LogP contribution in [0.5, 0.6) is 0 Å². The van der Waals surface area contributed by atoms with E-state index in [9.17, 15) is 4.79 Å². The first-order valence-corrected chi connectivity index (χ1v) is 6.63. The monoisotopic (exact) mass is 271 g/mol. The third-order valence-electron chi connectivity index (χ3n) is 3.03. The molecule has 0 bridgehead atoms. The predicted molar refractivity (Wildman–Crippen MR) is 67.5 cm³/mol. The zero-order valence-corrected chi connectivity index (χ0v) is 11.1. The molecule has 0 saturated carbocycles. The molecule has 1 aliphatic heterocycles. The maximum Gasteiger partial charge on any atom is 0.270 e. The van der Waals surface area contributed by atoms with E-state index in [-0.39, 0.29) is 5.91 Å². The van der Waals surface area contributed by atoms with E-state index in [1.54, 1.807) is 12.5 Å². The second-order valence-electron chi connectivity index (χ2n) is 4.20. The van der Waals surface area contributed by atoms with Crippen molar-refractivity contribution in [3.05, 3.63) is 16.1 Å². The maximum absolute atomic E-state index is 11.9. The lowest BCUT2D eigenvalue weighted by molar-refractivity contribution is -0.0149. The van der Waals surface area contributed by atoms with Gasteiger partial charge in [0.25, 0.3) is 5.91 Å². The van der Waals surface area contributed by atoms with E-state index in [1.807, 2.05) is 0 Å². The first-order chi connectivity index (χ1) is 8.69. The molecule has 0 radical (unpaired) electrons. The van der Waals surface area contributed by atoms with Gasteiger partial charge < -0.3 is 20.5 Å². The van der Waals surface area contributed by atoms with Gasteiger partial charge in [-0.25, -0.2) is 4.98 Å². The lowest BCUT2D eigenvalue weighted by atomic mass is 10.0. The molecule has 0 aromatic carbocycles. The van der Waals surface area contributed by atoms with E-state index in [0.29, 0.717) is 32.0 Å². The van der Waals surface area contributed by atoms with E-state index >= 15 is 0 Å². The van der Waals surface area contributed by atoms with E-state index < -0.39 is 5.60 Å². The second kappa shape index (κ2) is 5.75. The molecule has 0 spiro atoms. The lowest BCUT2D eigenvalue weighted by Crippen LogP contribution is -2.45. The molecule has 18 heavy (non-hydrogen) atoms. The first kappa shape index (κ1) is 13.4. The molecule has 1 aliphatic rings. The van der Waals surface area contributed by atoms with Gasteiger partial charge in [0.2, 0.25) is 0 Å². The van der Waals surface area contributed by atoms with Crippen LogP contribution < -0.4 is 11.1 Å². The van der Waals surface area contributed by atoms with Crippen molar-refractivity contribution in [3.8, 4) is 0 Å². The van der Waals surface area contributed by atoms with Gasteiger partial charge in [-0.15, -0.1) is 11.3 Å². The van der Waals surface area contributed by atoms with Crippen LogP contribution in [0.25, 0.3) is 0 Å². The number of nitrogens with two attached hydrogens (primary N) is 1. The average molecular weight is 271 g/mol. The quantitative estimate of drug-likeness (QED) is 0.795. The standard InChI is InChI=1S/C11H17N3O3S/c1-16-11(2-3-17-7-11)6-13-10(15)8-5-18-9(4-12)14-8/h5H,2-4,6-7,12H2,1H3,(H,13,15). The Morgan fingerprint density at radius 2 is 2.61 bits per heavy atom. The molecule has 1 aromatic heterocycles. The number of carbonyl (C=O) groups excluding carboxylic acids is 1. The van der Waals surface area contributed by atoms with Gasteiger partial charge >= 0.3 is 0 Å². The minimum Gasteiger partial charge on any atom is -0.378 e. The van der Waals surface area contributed by atoms with Crippen LogP contribution >= 0.6 is 11.3 Å². The number of ether oxygens (including phenoxy) is 2. The molecular formula is C11H17N3O3S. The smallest absolute Gasteiger partial charge is 0.270 e. The highest BCUT2D eigenvalue weighted by Gasteiger charge is 2.35. The van der Waals surface area contributed by atoms with E-state index in [4.69, 9.17) is 15.2 Å². The largest absolute Gasteiger partial charge is 0.378 e. The number of thiazole rings is 1. The highest BCUT2D eigenvalue weighted by molar-refractivity contribution is 7.09. The molecule has 2 heterocycles. The number of carbonyl (C=O) groups is 1. The Morgan fingerprint density at radius 3 is 3.17 bits per heavy atom. The highest BCUT2D eigenvalue weighted by Crippen LogP contribution is 2.21. The van der Waals surface area contributed by atoms with Crippen LogP contribution in [0.4, 0.5) is 0 Å². The molecule has 1 fully saturated rings. The summed E-state index contributed by atoms with van der Waals surface area (Å²) in [5.74, 6) is -0.200. The summed E-state index contributed by atoms with van der Waals surface area (Å²) in [6, 6.07) is 0. The molecule has 1 saturated heterocycles. The van der Waals surface area contributed by atoms with Crippen LogP contribution in [0.2, 0.25) is 0 Å². The number of methoxy groups -OCH3 is 1. The van der Waals surface area contributed by atoms with Crippen LogP contribution in [0.3, 0.4) is 0 Å². The van der Waals surface area contributed by atoms with Crippen LogP contribution in [0, 0.1) is 0 Å². The summed E-state index contributed by atoms with van der Waals surface area (Å²) in [7, 11) is 1.64. The molecule has 7 heteroatoms. The number of aromatic nitrogens is 1. The van der Waals surface area contributed by atoms with Crippen molar-refractivity contribution >= 4 is 17.2 Å². The number of hydrogen-bond acceptors (Lipinski definition) is 6. The summed E-state index contributed by atoms with van der Waals surface area (Å²) in [6.45, 7) is 1.96. The fourth-order valence-corrected chi connectivity index (χ4v) is 2.46. The van der Waals surface area contributed by atoms with Crippen LogP contribution in [-0.4, -0.2) is 43.4 Å². The van der Waals surface area contributed by atoms with Gasteiger partial charge in [-0.3, -0.25) is 4.79 Å². The van der Waals surface area contributed by atoms with Crippen molar-refractivity contribution in [2.45, 2.75) is 18.6 Å². The topological polar surface area (TPSA) is 86.5 Å². The van der Waals surface area contributed by atoms with Gasteiger partial charge in [0.1, 0.15) is 16.3 Å². The number of rotatable bonds is 5. The van der Waals surface area contributed by atoms with Crippen molar-refractivity contribution in [2.75, 3.05) is 26.9 Å². The molecule has 1 aromatic rings. The molecule has 1 amide bonds. The molecule has 3 N–H and O–H groups in total. The van der Waals surface area contributed by atoms with Gasteiger partial charge in [-0.05, 0) is 0 Å². The third kappa shape index (κ3) is 2.86. The number of hydrogen-bond donors (Lipinski definition) is 2. The maximum atomic E-state index is 11.9. The van der Waals surface area contributed by atoms with Crippen LogP contribution in [0.1, 0.15) is 21.9 Å². The number of nitrogens with zero attached hydrogens (tertiary/aromatic N) is 1. The van der Waals surface area contributed by atoms with Crippen molar-refractivity contribution in [3.63, 3.8) is 0 Å². The summed E-state index contributed by atoms with van der Waals surface area (Å²) in [6.07, 6.45) is 0.787. The average Bonchev–Trinajstić information content (AvgIpc) is 3.05. The van der Waals surface area contributed by atoms with E-state index in [0.717, 1.165) is 11.4 Å². The van der Waals surface area contributed by atoms with Crippen LogP contribution in [0.15, 0.2) is 5.38 Å². The SMILES string of the molecule is COC1(CNC(=O)c2csc(CN)n2)CCOC1. The van der Waals surface area contributed by atoms with Crippen molar-refractivity contribution < 1.29 is 14.3 Å². The molecule has 0 aliphatic carbocycles. The Morgan fingerprint density at radius 1 is 1.78 bits per heavy atom. The fraction of sp³-hybridized carbons (Fsp3) is 0.636. The minimum atomic E-state index is -0.400. The van der Waals surface area contributed by atoms with Gasteiger partial charge in [-0.1, -0.05) is 0 Å². The Balaban J connectivity index is 1.91. The van der Waals surface area contributed by atoms with Gasteiger partial charge in [0.05, 0.1) is 6.61 Å². The highest BCUT2D eigenvalue weighted by atomic mass is 32.1. The molecule has 2 rings (SSSR count). The Labute approximate surface area is 109 Å². The Bertz CT molecular complexity index is 415. The molecule has 100 valence electrons. The van der Waals surface area contributed by atoms with Crippen molar-refractivity contribution in [1.82, 2.24) is 10.3 Å². The number of amides is 1. The summed E-state index contributed by atoms with van der Waals surface area (Å²) in [5, 5.41) is 5.30.